The summed E-state index contributed by atoms with van der Waals surface area (Å²) < 4.78 is 1.95. The molecule has 2 aromatic heterocycles. The molecule has 0 spiro atoms. The van der Waals surface area contributed by atoms with Crippen LogP contribution in [-0.4, -0.2) is 32.1 Å². The maximum atomic E-state index is 12.5. The fourth-order valence-electron chi connectivity index (χ4n) is 3.61. The van der Waals surface area contributed by atoms with Gasteiger partial charge < -0.3 is 20.3 Å². The van der Waals surface area contributed by atoms with Crippen LogP contribution in [0.1, 0.15) is 5.56 Å². The highest BCUT2D eigenvalue weighted by atomic mass is 16.3. The Hall–Kier alpha value is -4.13. The molecule has 2 heterocycles. The quantitative estimate of drug-likeness (QED) is 0.467. The van der Waals surface area contributed by atoms with Crippen LogP contribution in [0.2, 0.25) is 0 Å². The Labute approximate surface area is 180 Å². The maximum absolute atomic E-state index is 12.5. The summed E-state index contributed by atoms with van der Waals surface area (Å²) in [6.45, 7) is 6.37. The van der Waals surface area contributed by atoms with Crippen LogP contribution in [0, 0.1) is 6.92 Å². The molecule has 0 atom stereocenters. The summed E-state index contributed by atoms with van der Waals surface area (Å²) in [6, 6.07) is 14.9. The second-order valence-corrected chi connectivity index (χ2v) is 7.22. The molecule has 7 heteroatoms. The number of amides is 1. The number of carbonyl (C=O) groups excluding carboxylic acids is 1. The van der Waals surface area contributed by atoms with Gasteiger partial charge in [0, 0.05) is 30.5 Å². The summed E-state index contributed by atoms with van der Waals surface area (Å²) in [5, 5.41) is 10.9. The lowest BCUT2D eigenvalue weighted by molar-refractivity contribution is -0.114. The first kappa shape index (κ1) is 20.2. The summed E-state index contributed by atoms with van der Waals surface area (Å²) >= 11 is 0. The van der Waals surface area contributed by atoms with Crippen molar-refractivity contribution in [3.8, 4) is 16.9 Å². The number of rotatable bonds is 6. The van der Waals surface area contributed by atoms with Crippen molar-refractivity contribution in [2.45, 2.75) is 13.5 Å². The van der Waals surface area contributed by atoms with Crippen molar-refractivity contribution in [2.24, 2.45) is 0 Å². The lowest BCUT2D eigenvalue weighted by Crippen LogP contribution is -2.32. The van der Waals surface area contributed by atoms with Gasteiger partial charge in [-0.2, -0.15) is 0 Å². The van der Waals surface area contributed by atoms with Crippen molar-refractivity contribution in [2.75, 3.05) is 17.2 Å². The number of hydrogen-bond acceptors (Lipinski definition) is 5. The Morgan fingerprint density at radius 2 is 2.00 bits per heavy atom. The number of benzene rings is 2. The number of aromatic nitrogens is 3. The molecule has 0 saturated carbocycles. The smallest absolute Gasteiger partial charge is 0.250 e. The van der Waals surface area contributed by atoms with Crippen molar-refractivity contribution < 1.29 is 9.90 Å². The topological polar surface area (TPSA) is 97.3 Å². The number of fused-ring (bicyclic) bond motifs is 1. The molecule has 0 aliphatic rings. The van der Waals surface area contributed by atoms with E-state index in [9.17, 15) is 9.90 Å². The molecule has 31 heavy (non-hydrogen) atoms. The van der Waals surface area contributed by atoms with E-state index in [1.54, 1.807) is 11.0 Å². The SMILES string of the molecule is C=CC(=O)N(CCn1cc(-c2ccc(C)c(O)c2)c2c(N)ncnc21)c1ccccc1. The molecule has 0 saturated heterocycles. The molecule has 7 nitrogen and oxygen atoms in total. The van der Waals surface area contributed by atoms with Gasteiger partial charge in [0.1, 0.15) is 23.5 Å². The number of anilines is 2. The molecular weight excluding hydrogens is 390 g/mol. The fourth-order valence-corrected chi connectivity index (χ4v) is 3.61. The van der Waals surface area contributed by atoms with E-state index in [0.29, 0.717) is 29.9 Å². The van der Waals surface area contributed by atoms with Crippen LogP contribution >= 0.6 is 0 Å². The molecule has 0 bridgehead atoms. The summed E-state index contributed by atoms with van der Waals surface area (Å²) in [7, 11) is 0. The summed E-state index contributed by atoms with van der Waals surface area (Å²) in [5.41, 5.74) is 10.1. The van der Waals surface area contributed by atoms with E-state index in [2.05, 4.69) is 16.5 Å². The Balaban J connectivity index is 1.74. The predicted molar refractivity (Wildman–Crippen MR) is 123 cm³/mol. The van der Waals surface area contributed by atoms with Crippen LogP contribution < -0.4 is 10.6 Å². The molecule has 3 N–H and O–H groups in total. The Morgan fingerprint density at radius 1 is 1.23 bits per heavy atom. The zero-order chi connectivity index (χ0) is 22.0. The van der Waals surface area contributed by atoms with E-state index < -0.39 is 0 Å². The number of nitrogens with zero attached hydrogens (tertiary/aromatic N) is 4. The number of phenols is 1. The standard InChI is InChI=1S/C24H23N5O2/c1-3-21(31)29(18-7-5-4-6-8-18)12-11-28-14-19(17-10-9-16(2)20(30)13-17)22-23(25)26-15-27-24(22)28/h3-10,13-15,30H,1,11-12H2,2H3,(H2,25,26,27). The van der Waals surface area contributed by atoms with Gasteiger partial charge in [-0.15, -0.1) is 0 Å². The summed E-state index contributed by atoms with van der Waals surface area (Å²) in [5.74, 6) is 0.391. The van der Waals surface area contributed by atoms with Crippen LogP contribution in [0.25, 0.3) is 22.2 Å². The number of nitrogens with two attached hydrogens (primary N) is 1. The van der Waals surface area contributed by atoms with E-state index in [-0.39, 0.29) is 11.7 Å². The molecule has 0 aliphatic carbocycles. The Morgan fingerprint density at radius 3 is 2.71 bits per heavy atom. The highest BCUT2D eigenvalue weighted by Gasteiger charge is 2.18. The Kier molecular flexibility index (Phi) is 5.41. The van der Waals surface area contributed by atoms with E-state index in [4.69, 9.17) is 5.73 Å². The summed E-state index contributed by atoms with van der Waals surface area (Å²) in [4.78, 5) is 22.7. The molecule has 0 aliphatic heterocycles. The van der Waals surface area contributed by atoms with Gasteiger partial charge in [-0.05, 0) is 42.3 Å². The van der Waals surface area contributed by atoms with Crippen molar-refractivity contribution in [3.63, 3.8) is 0 Å². The lowest BCUT2D eigenvalue weighted by atomic mass is 10.0. The molecule has 1 amide bonds. The monoisotopic (exact) mass is 413 g/mol. The zero-order valence-corrected chi connectivity index (χ0v) is 17.2. The minimum absolute atomic E-state index is 0.180. The van der Waals surface area contributed by atoms with E-state index >= 15 is 0 Å². The minimum Gasteiger partial charge on any atom is -0.508 e. The molecule has 0 unspecified atom stereocenters. The molecule has 4 aromatic rings. The minimum atomic E-state index is -0.180. The molecule has 2 aromatic carbocycles. The predicted octanol–water partition coefficient (Wildman–Crippen LogP) is 3.91. The van der Waals surface area contributed by atoms with Gasteiger partial charge in [0.15, 0.2) is 0 Å². The Bertz CT molecular complexity index is 1260. The lowest BCUT2D eigenvalue weighted by Gasteiger charge is -2.21. The fraction of sp³-hybridized carbons (Fsp3) is 0.125. The molecule has 4 rings (SSSR count). The normalized spacial score (nSPS) is 10.9. The second-order valence-electron chi connectivity index (χ2n) is 7.22. The van der Waals surface area contributed by atoms with E-state index in [0.717, 1.165) is 22.4 Å². The number of phenolic OH excluding ortho intramolecular Hbond substituents is 1. The van der Waals surface area contributed by atoms with Gasteiger partial charge in [0.2, 0.25) is 5.91 Å². The maximum Gasteiger partial charge on any atom is 0.250 e. The van der Waals surface area contributed by atoms with Crippen LogP contribution in [0.15, 0.2) is 73.7 Å². The molecule has 0 fully saturated rings. The third-order valence-corrected chi connectivity index (χ3v) is 5.28. The second kappa shape index (κ2) is 8.31. The third-order valence-electron chi connectivity index (χ3n) is 5.28. The van der Waals surface area contributed by atoms with Crippen LogP contribution in [0.5, 0.6) is 5.75 Å². The van der Waals surface area contributed by atoms with Crippen molar-refractivity contribution in [3.05, 3.63) is 79.3 Å². The number of para-hydroxylation sites is 1. The first-order valence-corrected chi connectivity index (χ1v) is 9.88. The van der Waals surface area contributed by atoms with Gasteiger partial charge >= 0.3 is 0 Å². The van der Waals surface area contributed by atoms with Crippen LogP contribution in [-0.2, 0) is 11.3 Å². The third kappa shape index (κ3) is 3.85. The summed E-state index contributed by atoms with van der Waals surface area (Å²) in [6.07, 6.45) is 4.66. The largest absolute Gasteiger partial charge is 0.508 e. The number of aryl methyl sites for hydroxylation is 1. The average Bonchev–Trinajstić information content (AvgIpc) is 3.16. The van der Waals surface area contributed by atoms with Gasteiger partial charge in [-0.1, -0.05) is 36.9 Å². The highest BCUT2D eigenvalue weighted by molar-refractivity contribution is 6.02. The molecule has 156 valence electrons. The number of aromatic hydroxyl groups is 1. The zero-order valence-electron chi connectivity index (χ0n) is 17.2. The average molecular weight is 413 g/mol. The number of nitrogen functional groups attached to an aromatic ring is 1. The molecular formula is C24H23N5O2. The van der Waals surface area contributed by atoms with E-state index in [1.165, 1.54) is 12.4 Å². The van der Waals surface area contributed by atoms with Gasteiger partial charge in [-0.3, -0.25) is 4.79 Å². The van der Waals surface area contributed by atoms with Gasteiger partial charge in [0.05, 0.1) is 5.39 Å². The van der Waals surface area contributed by atoms with Crippen LogP contribution in [0.4, 0.5) is 11.5 Å². The molecule has 0 radical (unpaired) electrons. The van der Waals surface area contributed by atoms with E-state index in [1.807, 2.05) is 60.2 Å². The van der Waals surface area contributed by atoms with Gasteiger partial charge in [-0.25, -0.2) is 9.97 Å². The van der Waals surface area contributed by atoms with Crippen molar-refractivity contribution in [1.82, 2.24) is 14.5 Å². The first-order valence-electron chi connectivity index (χ1n) is 9.88. The van der Waals surface area contributed by atoms with Crippen LogP contribution in [0.3, 0.4) is 0 Å². The first-order chi connectivity index (χ1) is 15.0. The van der Waals surface area contributed by atoms with Gasteiger partial charge in [0.25, 0.3) is 0 Å². The van der Waals surface area contributed by atoms with Crippen molar-refractivity contribution >= 4 is 28.4 Å². The number of carbonyl (C=O) groups is 1. The number of hydrogen-bond donors (Lipinski definition) is 2. The highest BCUT2D eigenvalue weighted by Crippen LogP contribution is 2.34. The van der Waals surface area contributed by atoms with Crippen molar-refractivity contribution in [1.29, 1.82) is 0 Å².